The minimum absolute atomic E-state index is 0.0102. The number of benzene rings is 1. The van der Waals surface area contributed by atoms with Gasteiger partial charge in [0.05, 0.1) is 11.2 Å². The Bertz CT molecular complexity index is 1200. The number of rotatable bonds is 8. The highest BCUT2D eigenvalue weighted by molar-refractivity contribution is 6.45. The van der Waals surface area contributed by atoms with Crippen LogP contribution in [0, 0.1) is 17.8 Å². The molecule has 0 N–H and O–H groups in total. The van der Waals surface area contributed by atoms with E-state index in [9.17, 15) is 19.9 Å². The fraction of sp³-hybridized carbons (Fsp3) is 0.690. The lowest BCUT2D eigenvalue weighted by Gasteiger charge is -2.32. The van der Waals surface area contributed by atoms with Crippen LogP contribution in [0.4, 0.5) is 4.79 Å². The van der Waals surface area contributed by atoms with Gasteiger partial charge in [0, 0.05) is 17.4 Å². The van der Waals surface area contributed by atoms with Crippen LogP contribution in [0.2, 0.25) is 6.32 Å². The number of carbonyl (C=O) groups excluding carboxylic acids is 3. The van der Waals surface area contributed by atoms with Crippen LogP contribution in [0.15, 0.2) is 35.4 Å². The van der Waals surface area contributed by atoms with Crippen molar-refractivity contribution in [2.75, 3.05) is 6.54 Å². The molecule has 4 atom stereocenters. The molecular weight excluding hydrogens is 527 g/mol. The zero-order valence-corrected chi connectivity index (χ0v) is 25.1. The van der Waals surface area contributed by atoms with Crippen molar-refractivity contribution in [1.29, 1.82) is 0 Å². The molecule has 4 rings (SSSR count). The highest BCUT2D eigenvalue weighted by Crippen LogP contribution is 2.54. The number of esters is 1. The van der Waals surface area contributed by atoms with Crippen molar-refractivity contribution in [3.8, 4) is 0 Å². The van der Waals surface area contributed by atoms with Crippen LogP contribution in [0.3, 0.4) is 0 Å². The third-order valence-corrected chi connectivity index (χ3v) is 8.76. The Morgan fingerprint density at radius 1 is 1.15 bits per heavy atom. The topological polar surface area (TPSA) is 140 Å². The van der Waals surface area contributed by atoms with Crippen molar-refractivity contribution in [3.63, 3.8) is 0 Å². The number of nitrogens with zero attached hydrogens (tertiary/aromatic N) is 4. The summed E-state index contributed by atoms with van der Waals surface area (Å²) in [4.78, 5) is 44.5. The Labute approximate surface area is 242 Å². The van der Waals surface area contributed by atoms with Gasteiger partial charge in [-0.25, -0.2) is 9.69 Å². The Balaban J connectivity index is 1.57. The van der Waals surface area contributed by atoms with Crippen molar-refractivity contribution in [1.82, 2.24) is 4.90 Å². The summed E-state index contributed by atoms with van der Waals surface area (Å²) < 4.78 is 23.4. The standard InChI is InChI=1S/C29H41BN4O7/c1-26(2,3)39-25(37)34-17-20-16-29(32-33-31,24(36)38-18-19-12-9-8-10-13-19)21(22(20)23(34)35)14-11-15-30-40-27(4,5)28(6,7)41-30/h8-10,12-13,20-22H,11,14-18H2,1-7H3/t20-,21-,22+,29-/m0/s1. The van der Waals surface area contributed by atoms with E-state index in [4.69, 9.17) is 18.8 Å². The number of hydrogen-bond donors (Lipinski definition) is 0. The molecule has 1 aromatic carbocycles. The first-order valence-electron chi connectivity index (χ1n) is 14.3. The van der Waals surface area contributed by atoms with Gasteiger partial charge in [0.1, 0.15) is 17.7 Å². The highest BCUT2D eigenvalue weighted by Gasteiger charge is 2.64. The number of azide groups is 1. The molecule has 11 nitrogen and oxygen atoms in total. The van der Waals surface area contributed by atoms with Gasteiger partial charge in [-0.05, 0) is 90.6 Å². The second kappa shape index (κ2) is 11.3. The number of imide groups is 1. The van der Waals surface area contributed by atoms with Crippen LogP contribution in [0.5, 0.6) is 0 Å². The Kier molecular flexibility index (Phi) is 8.51. The van der Waals surface area contributed by atoms with Gasteiger partial charge in [-0.3, -0.25) is 9.59 Å². The second-order valence-electron chi connectivity index (χ2n) is 13.3. The van der Waals surface area contributed by atoms with E-state index in [1.807, 2.05) is 58.0 Å². The lowest BCUT2D eigenvalue weighted by atomic mass is 9.75. The van der Waals surface area contributed by atoms with Gasteiger partial charge < -0.3 is 18.8 Å². The van der Waals surface area contributed by atoms with Gasteiger partial charge in [0.15, 0.2) is 0 Å². The fourth-order valence-corrected chi connectivity index (χ4v) is 6.17. The van der Waals surface area contributed by atoms with E-state index >= 15 is 0 Å². The van der Waals surface area contributed by atoms with E-state index in [2.05, 4.69) is 10.0 Å². The summed E-state index contributed by atoms with van der Waals surface area (Å²) in [6.45, 7) is 13.2. The average Bonchev–Trinajstić information content (AvgIpc) is 3.43. The number of carbonyl (C=O) groups is 3. The zero-order valence-electron chi connectivity index (χ0n) is 25.1. The van der Waals surface area contributed by atoms with E-state index in [1.165, 1.54) is 0 Å². The van der Waals surface area contributed by atoms with Gasteiger partial charge in [-0.1, -0.05) is 41.9 Å². The molecule has 41 heavy (non-hydrogen) atoms. The van der Waals surface area contributed by atoms with Crippen molar-refractivity contribution in [2.24, 2.45) is 22.9 Å². The van der Waals surface area contributed by atoms with Crippen molar-refractivity contribution < 1.29 is 33.2 Å². The first-order valence-corrected chi connectivity index (χ1v) is 14.3. The quantitative estimate of drug-likeness (QED) is 0.129. The molecule has 2 aliphatic heterocycles. The van der Waals surface area contributed by atoms with Crippen LogP contribution in [0.25, 0.3) is 10.4 Å². The average molecular weight is 568 g/mol. The molecule has 222 valence electrons. The third kappa shape index (κ3) is 6.24. The molecule has 0 unspecified atom stereocenters. The number of amides is 2. The molecule has 2 saturated heterocycles. The molecular formula is C29H41BN4O7. The molecule has 3 fully saturated rings. The maximum Gasteiger partial charge on any atom is 0.457 e. The van der Waals surface area contributed by atoms with Crippen molar-refractivity contribution >= 4 is 25.1 Å². The lowest BCUT2D eigenvalue weighted by molar-refractivity contribution is -0.154. The number of ether oxygens (including phenoxy) is 2. The smallest absolute Gasteiger partial charge is 0.457 e. The summed E-state index contributed by atoms with van der Waals surface area (Å²) in [7, 11) is -0.450. The van der Waals surface area contributed by atoms with Crippen LogP contribution < -0.4 is 0 Å². The molecule has 0 aromatic heterocycles. The molecule has 0 bridgehead atoms. The highest BCUT2D eigenvalue weighted by atomic mass is 16.7. The molecule has 12 heteroatoms. The molecule has 2 amide bonds. The monoisotopic (exact) mass is 568 g/mol. The first-order chi connectivity index (χ1) is 19.1. The summed E-state index contributed by atoms with van der Waals surface area (Å²) in [5.74, 6) is -2.84. The van der Waals surface area contributed by atoms with Crippen LogP contribution >= 0.6 is 0 Å². The predicted molar refractivity (Wildman–Crippen MR) is 151 cm³/mol. The number of likely N-dealkylation sites (tertiary alicyclic amines) is 1. The van der Waals surface area contributed by atoms with E-state index in [0.717, 1.165) is 10.5 Å². The van der Waals surface area contributed by atoms with E-state index in [1.54, 1.807) is 20.8 Å². The van der Waals surface area contributed by atoms with Crippen LogP contribution in [-0.2, 0) is 35.0 Å². The van der Waals surface area contributed by atoms with Crippen molar-refractivity contribution in [2.45, 2.75) is 103 Å². The summed E-state index contributed by atoms with van der Waals surface area (Å²) in [6.07, 6.45) is 0.823. The van der Waals surface area contributed by atoms with Gasteiger partial charge in [0.25, 0.3) is 0 Å². The fourth-order valence-electron chi connectivity index (χ4n) is 6.17. The number of fused-ring (bicyclic) bond motifs is 1. The SMILES string of the molecule is CC(C)(C)OC(=O)N1C[C@@H]2C[C@@](N=[N+]=[N-])(C(=O)OCc3ccccc3)[C@@H](CCCB3OC(C)(C)C(C)(C)O3)[C@@H]2C1=O. The normalized spacial score (nSPS) is 28.3. The van der Waals surface area contributed by atoms with Gasteiger partial charge in [-0.2, -0.15) is 0 Å². The summed E-state index contributed by atoms with van der Waals surface area (Å²) in [6, 6.07) is 9.22. The van der Waals surface area contributed by atoms with Crippen molar-refractivity contribution in [3.05, 3.63) is 46.3 Å². The maximum absolute atomic E-state index is 13.7. The minimum Gasteiger partial charge on any atom is -0.460 e. The molecule has 1 aromatic rings. The predicted octanol–water partition coefficient (Wildman–Crippen LogP) is 5.68. The van der Waals surface area contributed by atoms with E-state index in [0.29, 0.717) is 19.2 Å². The van der Waals surface area contributed by atoms with Gasteiger partial charge >= 0.3 is 19.2 Å². The molecule has 3 aliphatic rings. The second-order valence-corrected chi connectivity index (χ2v) is 13.3. The van der Waals surface area contributed by atoms with Crippen LogP contribution in [-0.4, -0.2) is 58.9 Å². The zero-order chi connectivity index (χ0) is 30.2. The van der Waals surface area contributed by atoms with E-state index in [-0.39, 0.29) is 25.5 Å². The Hall–Kier alpha value is -3.08. The van der Waals surface area contributed by atoms with Crippen LogP contribution in [0.1, 0.15) is 73.3 Å². The third-order valence-electron chi connectivity index (χ3n) is 8.76. The summed E-state index contributed by atoms with van der Waals surface area (Å²) >= 11 is 0. The molecule has 1 saturated carbocycles. The van der Waals surface area contributed by atoms with E-state index < -0.39 is 59.3 Å². The van der Waals surface area contributed by atoms with Gasteiger partial charge in [-0.15, -0.1) is 0 Å². The summed E-state index contributed by atoms with van der Waals surface area (Å²) in [5, 5.41) is 4.05. The summed E-state index contributed by atoms with van der Waals surface area (Å²) in [5.41, 5.74) is 7.07. The maximum atomic E-state index is 13.7. The molecule has 0 radical (unpaired) electrons. The minimum atomic E-state index is -1.58. The molecule has 1 aliphatic carbocycles. The first kappa shape index (κ1) is 30.9. The lowest BCUT2D eigenvalue weighted by Crippen LogP contribution is -2.47. The van der Waals surface area contributed by atoms with Gasteiger partial charge in [0.2, 0.25) is 5.91 Å². The molecule has 2 heterocycles. The Morgan fingerprint density at radius 3 is 2.37 bits per heavy atom. The largest absolute Gasteiger partial charge is 0.460 e. The number of hydrogen-bond acceptors (Lipinski definition) is 8. The molecule has 0 spiro atoms. The Morgan fingerprint density at radius 2 is 1.78 bits per heavy atom.